The molecule has 3 aromatic rings. The van der Waals surface area contributed by atoms with E-state index in [2.05, 4.69) is 4.98 Å². The van der Waals surface area contributed by atoms with Crippen molar-refractivity contribution in [3.05, 3.63) is 101 Å². The summed E-state index contributed by atoms with van der Waals surface area (Å²) >= 11 is 0. The van der Waals surface area contributed by atoms with Crippen LogP contribution in [0.3, 0.4) is 0 Å². The maximum atomic E-state index is 14.1. The SMILES string of the molecule is Cc1ccc(C(O)=C2C(=O)C(=O)N(Cc3ccncc3)[C@H]2c2ccc(O)cc2)cc1F. The van der Waals surface area contributed by atoms with Crippen molar-refractivity contribution in [3.63, 3.8) is 0 Å². The van der Waals surface area contributed by atoms with Gasteiger partial charge in [0.1, 0.15) is 17.3 Å². The highest BCUT2D eigenvalue weighted by molar-refractivity contribution is 6.46. The van der Waals surface area contributed by atoms with E-state index >= 15 is 0 Å². The van der Waals surface area contributed by atoms with Crippen LogP contribution in [0.5, 0.6) is 5.75 Å². The van der Waals surface area contributed by atoms with E-state index < -0.39 is 29.3 Å². The molecule has 0 radical (unpaired) electrons. The van der Waals surface area contributed by atoms with Crippen molar-refractivity contribution >= 4 is 17.4 Å². The van der Waals surface area contributed by atoms with Crippen molar-refractivity contribution < 1.29 is 24.2 Å². The van der Waals surface area contributed by atoms with Gasteiger partial charge in [-0.1, -0.05) is 24.3 Å². The molecule has 0 aliphatic carbocycles. The number of aromatic hydroxyl groups is 1. The van der Waals surface area contributed by atoms with Gasteiger partial charge in [0, 0.05) is 24.5 Å². The van der Waals surface area contributed by atoms with Crippen LogP contribution in [0.2, 0.25) is 0 Å². The predicted molar refractivity (Wildman–Crippen MR) is 111 cm³/mol. The van der Waals surface area contributed by atoms with E-state index in [0.29, 0.717) is 11.1 Å². The van der Waals surface area contributed by atoms with Crippen molar-refractivity contribution in [2.24, 2.45) is 0 Å². The lowest BCUT2D eigenvalue weighted by Gasteiger charge is -2.25. The number of phenols is 1. The van der Waals surface area contributed by atoms with E-state index in [4.69, 9.17) is 0 Å². The third-order valence-electron chi connectivity index (χ3n) is 5.30. The van der Waals surface area contributed by atoms with Crippen molar-refractivity contribution in [1.29, 1.82) is 0 Å². The minimum Gasteiger partial charge on any atom is -0.508 e. The average molecular weight is 418 g/mol. The zero-order valence-corrected chi connectivity index (χ0v) is 16.6. The molecule has 2 aromatic carbocycles. The Morgan fingerprint density at radius 2 is 1.74 bits per heavy atom. The van der Waals surface area contributed by atoms with E-state index in [0.717, 1.165) is 11.6 Å². The second-order valence-electron chi connectivity index (χ2n) is 7.34. The van der Waals surface area contributed by atoms with E-state index in [-0.39, 0.29) is 23.4 Å². The number of hydrogen-bond donors (Lipinski definition) is 2. The van der Waals surface area contributed by atoms with Gasteiger partial charge in [-0.25, -0.2) is 4.39 Å². The molecule has 1 atom stereocenters. The average Bonchev–Trinajstić information content (AvgIpc) is 3.01. The highest BCUT2D eigenvalue weighted by atomic mass is 19.1. The fourth-order valence-electron chi connectivity index (χ4n) is 3.63. The lowest BCUT2D eigenvalue weighted by atomic mass is 9.94. The minimum absolute atomic E-state index is 0.0236. The number of benzene rings is 2. The van der Waals surface area contributed by atoms with Crippen molar-refractivity contribution in [3.8, 4) is 5.75 Å². The summed E-state index contributed by atoms with van der Waals surface area (Å²) in [5.41, 5.74) is 1.65. The number of ketones is 1. The van der Waals surface area contributed by atoms with Crippen LogP contribution in [0.1, 0.15) is 28.3 Å². The second kappa shape index (κ2) is 8.02. The lowest BCUT2D eigenvalue weighted by Crippen LogP contribution is -2.29. The molecule has 1 aliphatic heterocycles. The normalized spacial score (nSPS) is 17.9. The number of amides is 1. The number of aryl methyl sites for hydroxylation is 1. The van der Waals surface area contributed by atoms with E-state index in [1.54, 1.807) is 43.6 Å². The number of pyridine rings is 1. The molecule has 1 aliphatic rings. The molecule has 1 fully saturated rings. The van der Waals surface area contributed by atoms with Gasteiger partial charge in [0.15, 0.2) is 0 Å². The summed E-state index contributed by atoms with van der Waals surface area (Å²) in [4.78, 5) is 31.2. The summed E-state index contributed by atoms with van der Waals surface area (Å²) in [6.07, 6.45) is 3.16. The van der Waals surface area contributed by atoms with Crippen LogP contribution in [-0.4, -0.2) is 31.8 Å². The molecule has 0 bridgehead atoms. The Hall–Kier alpha value is -4.00. The van der Waals surface area contributed by atoms with Crippen LogP contribution in [0.15, 0.2) is 72.6 Å². The number of phenolic OH excluding ortho intramolecular Hbond substituents is 1. The monoisotopic (exact) mass is 418 g/mol. The molecule has 6 nitrogen and oxygen atoms in total. The van der Waals surface area contributed by atoms with Crippen molar-refractivity contribution in [2.45, 2.75) is 19.5 Å². The van der Waals surface area contributed by atoms with Gasteiger partial charge >= 0.3 is 0 Å². The first kappa shape index (κ1) is 20.3. The molecule has 0 saturated carbocycles. The van der Waals surface area contributed by atoms with Crippen molar-refractivity contribution in [1.82, 2.24) is 9.88 Å². The molecule has 1 aromatic heterocycles. The Kier molecular flexibility index (Phi) is 5.25. The summed E-state index contributed by atoms with van der Waals surface area (Å²) < 4.78 is 14.1. The number of aliphatic hydroxyl groups excluding tert-OH is 1. The van der Waals surface area contributed by atoms with Gasteiger partial charge in [-0.05, 0) is 53.9 Å². The van der Waals surface area contributed by atoms with Crippen LogP contribution < -0.4 is 0 Å². The fourth-order valence-corrected chi connectivity index (χ4v) is 3.63. The van der Waals surface area contributed by atoms with Gasteiger partial charge < -0.3 is 15.1 Å². The van der Waals surface area contributed by atoms with Crippen LogP contribution >= 0.6 is 0 Å². The largest absolute Gasteiger partial charge is 0.508 e. The number of aliphatic hydroxyl groups is 1. The van der Waals surface area contributed by atoms with Gasteiger partial charge in [-0.2, -0.15) is 0 Å². The fraction of sp³-hybridized carbons (Fsp3) is 0.125. The summed E-state index contributed by atoms with van der Waals surface area (Å²) in [7, 11) is 0. The van der Waals surface area contributed by atoms with Gasteiger partial charge in [0.05, 0.1) is 11.6 Å². The number of carbonyl (C=O) groups is 2. The van der Waals surface area contributed by atoms with E-state index in [9.17, 15) is 24.2 Å². The van der Waals surface area contributed by atoms with Crippen LogP contribution in [0.4, 0.5) is 4.39 Å². The first-order chi connectivity index (χ1) is 14.9. The van der Waals surface area contributed by atoms with E-state index in [1.165, 1.54) is 29.2 Å². The highest BCUT2D eigenvalue weighted by Crippen LogP contribution is 2.40. The third-order valence-corrected chi connectivity index (χ3v) is 5.30. The van der Waals surface area contributed by atoms with Crippen LogP contribution in [0, 0.1) is 12.7 Å². The Labute approximate surface area is 177 Å². The molecule has 0 spiro atoms. The number of hydrogen-bond acceptors (Lipinski definition) is 5. The molecular formula is C24H19FN2O4. The number of nitrogens with zero attached hydrogens (tertiary/aromatic N) is 2. The third kappa shape index (κ3) is 3.77. The van der Waals surface area contributed by atoms with Gasteiger partial charge in [-0.15, -0.1) is 0 Å². The van der Waals surface area contributed by atoms with Gasteiger partial charge in [0.25, 0.3) is 11.7 Å². The summed E-state index contributed by atoms with van der Waals surface area (Å²) in [6.45, 7) is 1.70. The number of rotatable bonds is 4. The maximum Gasteiger partial charge on any atom is 0.295 e. The minimum atomic E-state index is -0.905. The summed E-state index contributed by atoms with van der Waals surface area (Å²) in [5, 5.41) is 20.6. The molecule has 1 saturated heterocycles. The smallest absolute Gasteiger partial charge is 0.295 e. The second-order valence-corrected chi connectivity index (χ2v) is 7.34. The topological polar surface area (TPSA) is 90.7 Å². The molecule has 156 valence electrons. The number of halogens is 1. The Morgan fingerprint density at radius 3 is 2.39 bits per heavy atom. The zero-order valence-electron chi connectivity index (χ0n) is 16.6. The number of aromatic nitrogens is 1. The predicted octanol–water partition coefficient (Wildman–Crippen LogP) is 3.86. The Morgan fingerprint density at radius 1 is 1.06 bits per heavy atom. The van der Waals surface area contributed by atoms with Gasteiger partial charge in [0.2, 0.25) is 0 Å². The lowest BCUT2D eigenvalue weighted by molar-refractivity contribution is -0.140. The quantitative estimate of drug-likeness (QED) is 0.382. The molecule has 0 unspecified atom stereocenters. The van der Waals surface area contributed by atoms with Crippen LogP contribution in [0.25, 0.3) is 5.76 Å². The number of carbonyl (C=O) groups excluding carboxylic acids is 2. The first-order valence-electron chi connectivity index (χ1n) is 9.59. The summed E-state index contributed by atoms with van der Waals surface area (Å²) in [5.74, 6) is -2.59. The molecule has 4 rings (SSSR count). The molecule has 2 N–H and O–H groups in total. The molecule has 7 heteroatoms. The van der Waals surface area contributed by atoms with E-state index in [1.807, 2.05) is 0 Å². The molecular weight excluding hydrogens is 399 g/mol. The highest BCUT2D eigenvalue weighted by Gasteiger charge is 2.46. The number of Topliss-reactive ketones (excluding diaryl/α,β-unsaturated/α-hetero) is 1. The van der Waals surface area contributed by atoms with Crippen molar-refractivity contribution in [2.75, 3.05) is 0 Å². The van der Waals surface area contributed by atoms with Gasteiger partial charge in [-0.3, -0.25) is 14.6 Å². The summed E-state index contributed by atoms with van der Waals surface area (Å²) in [6, 6.07) is 12.7. The molecule has 31 heavy (non-hydrogen) atoms. The first-order valence-corrected chi connectivity index (χ1v) is 9.59. The standard InChI is InChI=1S/C24H19FN2O4/c1-14-2-3-17(12-19(14)25)22(29)20-21(16-4-6-18(28)7-5-16)27(24(31)23(20)30)13-15-8-10-26-11-9-15/h2-12,21,28-29H,13H2,1H3/t21-/m0/s1. The number of likely N-dealkylation sites (tertiary alicyclic amines) is 1. The van der Waals surface area contributed by atoms with Crippen LogP contribution in [-0.2, 0) is 16.1 Å². The molecule has 2 heterocycles. The molecule has 1 amide bonds. The zero-order chi connectivity index (χ0) is 22.1. The Balaban J connectivity index is 1.87. The maximum absolute atomic E-state index is 14.1. The Bertz CT molecular complexity index is 1190.